The third-order valence-corrected chi connectivity index (χ3v) is 2.54. The lowest BCUT2D eigenvalue weighted by atomic mass is 9.98. The molecule has 3 nitrogen and oxygen atoms in total. The second-order valence-corrected chi connectivity index (χ2v) is 3.43. The number of halogens is 2. The molecule has 1 aromatic carbocycles. The minimum absolute atomic E-state index is 0. The van der Waals surface area contributed by atoms with E-state index in [4.69, 9.17) is 11.9 Å². The van der Waals surface area contributed by atoms with Crippen molar-refractivity contribution in [1.82, 2.24) is 5.32 Å². The Morgan fingerprint density at radius 1 is 1.40 bits per heavy atom. The van der Waals surface area contributed by atoms with E-state index in [0.29, 0.717) is 5.56 Å². The van der Waals surface area contributed by atoms with Gasteiger partial charge in [-0.05, 0) is 36.2 Å². The Labute approximate surface area is 99.3 Å². The summed E-state index contributed by atoms with van der Waals surface area (Å²) in [6.07, 6.45) is 0.943. The van der Waals surface area contributed by atoms with E-state index in [9.17, 15) is 4.79 Å². The van der Waals surface area contributed by atoms with Crippen molar-refractivity contribution in [1.29, 1.82) is 0 Å². The Balaban J connectivity index is 0.00000112. The molecule has 1 aliphatic heterocycles. The van der Waals surface area contributed by atoms with E-state index in [2.05, 4.69) is 9.61 Å². The zero-order chi connectivity index (χ0) is 9.97. The molecule has 0 saturated heterocycles. The highest BCUT2D eigenvalue weighted by Crippen LogP contribution is 2.16. The average molecular weight is 248 g/mol. The largest absolute Gasteiger partial charge is 0.356 e. The van der Waals surface area contributed by atoms with E-state index in [1.54, 1.807) is 6.07 Å². The SMILES string of the molecule is Cl.O=C(OCl)c1ccc2c(c1)CCNC2. The molecule has 0 atom stereocenters. The van der Waals surface area contributed by atoms with Gasteiger partial charge >= 0.3 is 5.97 Å². The van der Waals surface area contributed by atoms with Crippen molar-refractivity contribution >= 4 is 30.2 Å². The molecule has 0 spiro atoms. The predicted molar refractivity (Wildman–Crippen MR) is 60.4 cm³/mol. The first-order valence-corrected chi connectivity index (χ1v) is 4.77. The smallest absolute Gasteiger partial charge is 0.343 e. The molecule has 1 aromatic rings. The number of fused-ring (bicyclic) bond motifs is 1. The van der Waals surface area contributed by atoms with E-state index in [1.165, 1.54) is 11.1 Å². The molecular formula is C10H11Cl2NO2. The van der Waals surface area contributed by atoms with Crippen molar-refractivity contribution in [2.75, 3.05) is 6.54 Å². The minimum atomic E-state index is -0.493. The van der Waals surface area contributed by atoms with Gasteiger partial charge in [0.05, 0.1) is 5.56 Å². The Morgan fingerprint density at radius 3 is 2.93 bits per heavy atom. The highest BCUT2D eigenvalue weighted by atomic mass is 35.5. The molecule has 0 radical (unpaired) electrons. The summed E-state index contributed by atoms with van der Waals surface area (Å²) in [7, 11) is 0. The number of hydrogen-bond donors (Lipinski definition) is 1. The van der Waals surface area contributed by atoms with E-state index < -0.39 is 5.97 Å². The topological polar surface area (TPSA) is 38.3 Å². The summed E-state index contributed by atoms with van der Waals surface area (Å²) in [6.45, 7) is 1.82. The van der Waals surface area contributed by atoms with Crippen LogP contribution in [0.4, 0.5) is 0 Å². The molecule has 0 aromatic heterocycles. The maximum Gasteiger partial charge on any atom is 0.356 e. The van der Waals surface area contributed by atoms with E-state index >= 15 is 0 Å². The van der Waals surface area contributed by atoms with Gasteiger partial charge in [0.15, 0.2) is 0 Å². The van der Waals surface area contributed by atoms with Gasteiger partial charge in [-0.1, -0.05) is 6.07 Å². The van der Waals surface area contributed by atoms with Gasteiger partial charge in [0, 0.05) is 6.54 Å². The monoisotopic (exact) mass is 247 g/mol. The molecule has 0 saturated carbocycles. The Morgan fingerprint density at radius 2 is 2.20 bits per heavy atom. The Bertz CT molecular complexity index is 368. The maximum atomic E-state index is 11.1. The fraction of sp³-hybridized carbons (Fsp3) is 0.300. The molecule has 1 N–H and O–H groups in total. The molecule has 82 valence electrons. The van der Waals surface area contributed by atoms with Crippen LogP contribution in [0.3, 0.4) is 0 Å². The van der Waals surface area contributed by atoms with Gasteiger partial charge in [0.1, 0.15) is 11.9 Å². The van der Waals surface area contributed by atoms with Gasteiger partial charge in [-0.2, -0.15) is 0 Å². The standard InChI is InChI=1S/C10H10ClNO2.ClH/c11-14-10(13)8-1-2-9-6-12-4-3-7(9)5-8;/h1-2,5,12H,3-4,6H2;1H. The van der Waals surface area contributed by atoms with Crippen LogP contribution in [0.1, 0.15) is 21.5 Å². The fourth-order valence-electron chi connectivity index (χ4n) is 1.65. The van der Waals surface area contributed by atoms with Crippen LogP contribution in [0.15, 0.2) is 18.2 Å². The molecule has 0 amide bonds. The van der Waals surface area contributed by atoms with E-state index in [0.717, 1.165) is 19.5 Å². The molecule has 0 fully saturated rings. The van der Waals surface area contributed by atoms with Gasteiger partial charge in [-0.3, -0.25) is 0 Å². The molecule has 5 heteroatoms. The summed E-state index contributed by atoms with van der Waals surface area (Å²) in [5.41, 5.74) is 2.95. The van der Waals surface area contributed by atoms with Gasteiger partial charge < -0.3 is 9.61 Å². The minimum Gasteiger partial charge on any atom is -0.343 e. The lowest BCUT2D eigenvalue weighted by Gasteiger charge is -2.17. The van der Waals surface area contributed by atoms with Crippen molar-refractivity contribution in [3.05, 3.63) is 34.9 Å². The first-order valence-electron chi connectivity index (χ1n) is 4.46. The second kappa shape index (κ2) is 5.35. The molecule has 1 heterocycles. The van der Waals surface area contributed by atoms with Gasteiger partial charge in [-0.15, -0.1) is 12.4 Å². The average Bonchev–Trinajstić information content (AvgIpc) is 2.27. The van der Waals surface area contributed by atoms with Gasteiger partial charge in [0.2, 0.25) is 0 Å². The van der Waals surface area contributed by atoms with Crippen LogP contribution in [0.5, 0.6) is 0 Å². The third kappa shape index (κ3) is 2.62. The van der Waals surface area contributed by atoms with E-state index in [-0.39, 0.29) is 12.4 Å². The van der Waals surface area contributed by atoms with Crippen LogP contribution < -0.4 is 5.32 Å². The quantitative estimate of drug-likeness (QED) is 0.826. The van der Waals surface area contributed by atoms with Crippen LogP contribution in [-0.2, 0) is 17.3 Å². The number of benzene rings is 1. The number of hydrogen-bond acceptors (Lipinski definition) is 3. The summed E-state index contributed by atoms with van der Waals surface area (Å²) in [6, 6.07) is 5.52. The highest BCUT2D eigenvalue weighted by molar-refractivity contribution is 6.15. The summed E-state index contributed by atoms with van der Waals surface area (Å²) in [4.78, 5) is 11.1. The number of carbonyl (C=O) groups is 1. The van der Waals surface area contributed by atoms with Crippen LogP contribution in [0.25, 0.3) is 0 Å². The third-order valence-electron chi connectivity index (χ3n) is 2.40. The molecular weight excluding hydrogens is 237 g/mol. The molecule has 2 rings (SSSR count). The summed E-state index contributed by atoms with van der Waals surface area (Å²) in [5.74, 6) is -0.493. The molecule has 1 aliphatic rings. The van der Waals surface area contributed by atoms with Crippen molar-refractivity contribution in [2.24, 2.45) is 0 Å². The molecule has 0 unspecified atom stereocenters. The van der Waals surface area contributed by atoms with Gasteiger partial charge in [-0.25, -0.2) is 4.79 Å². The van der Waals surface area contributed by atoms with Crippen molar-refractivity contribution in [3.8, 4) is 0 Å². The van der Waals surface area contributed by atoms with Crippen molar-refractivity contribution < 1.29 is 9.08 Å². The summed E-state index contributed by atoms with van der Waals surface area (Å²) < 4.78 is 4.14. The summed E-state index contributed by atoms with van der Waals surface area (Å²) in [5, 5.41) is 3.26. The first-order chi connectivity index (χ1) is 6.81. The second-order valence-electron chi connectivity index (χ2n) is 3.27. The first kappa shape index (κ1) is 12.3. The van der Waals surface area contributed by atoms with Gasteiger partial charge in [0.25, 0.3) is 0 Å². The maximum absolute atomic E-state index is 11.1. The molecule has 15 heavy (non-hydrogen) atoms. The van der Waals surface area contributed by atoms with Crippen LogP contribution in [0, 0.1) is 0 Å². The fourth-order valence-corrected chi connectivity index (χ4v) is 1.74. The van der Waals surface area contributed by atoms with Crippen LogP contribution >= 0.6 is 24.3 Å². The van der Waals surface area contributed by atoms with Crippen molar-refractivity contribution in [3.63, 3.8) is 0 Å². The van der Waals surface area contributed by atoms with Crippen LogP contribution in [0.2, 0.25) is 0 Å². The number of nitrogens with one attached hydrogen (secondary N) is 1. The van der Waals surface area contributed by atoms with Crippen molar-refractivity contribution in [2.45, 2.75) is 13.0 Å². The Hall–Kier alpha value is -0.770. The molecule has 0 bridgehead atoms. The highest BCUT2D eigenvalue weighted by Gasteiger charge is 2.12. The number of carbonyl (C=O) groups excluding carboxylic acids is 1. The van der Waals surface area contributed by atoms with E-state index in [1.807, 2.05) is 12.1 Å². The predicted octanol–water partition coefficient (Wildman–Crippen LogP) is 2.06. The lowest BCUT2D eigenvalue weighted by molar-refractivity contribution is 0.0751. The zero-order valence-electron chi connectivity index (χ0n) is 7.96. The number of rotatable bonds is 1. The Kier molecular flexibility index (Phi) is 4.39. The normalized spacial score (nSPS) is 13.7. The molecule has 0 aliphatic carbocycles. The lowest BCUT2D eigenvalue weighted by Crippen LogP contribution is -2.23. The summed E-state index contributed by atoms with van der Waals surface area (Å²) >= 11 is 5.01. The zero-order valence-corrected chi connectivity index (χ0v) is 9.53. The van der Waals surface area contributed by atoms with Crippen LogP contribution in [-0.4, -0.2) is 12.5 Å².